The quantitative estimate of drug-likeness (QED) is 0.682. The van der Waals surface area contributed by atoms with Crippen LogP contribution < -0.4 is 0 Å². The number of hydrogen-bond donors (Lipinski definition) is 2. The summed E-state index contributed by atoms with van der Waals surface area (Å²) in [6.07, 6.45) is 1.79. The van der Waals surface area contributed by atoms with Crippen LogP contribution in [0.15, 0.2) is 0 Å². The van der Waals surface area contributed by atoms with Crippen LogP contribution in [0.2, 0.25) is 0 Å². The lowest BCUT2D eigenvalue weighted by molar-refractivity contribution is -0.138. The first-order valence-electron chi connectivity index (χ1n) is 5.09. The maximum atomic E-state index is 10.5. The summed E-state index contributed by atoms with van der Waals surface area (Å²) in [5.41, 5.74) is 0. The third kappa shape index (κ3) is 3.27. The maximum absolute atomic E-state index is 10.5. The van der Waals surface area contributed by atoms with E-state index in [9.17, 15) is 4.79 Å². The molecule has 1 rings (SSSR count). The lowest BCUT2D eigenvalue weighted by Gasteiger charge is -2.36. The third-order valence-electron chi connectivity index (χ3n) is 2.98. The number of aliphatic carboxylic acids is 1. The van der Waals surface area contributed by atoms with E-state index in [0.29, 0.717) is 5.92 Å². The van der Waals surface area contributed by atoms with Crippen molar-refractivity contribution in [2.24, 2.45) is 5.92 Å². The van der Waals surface area contributed by atoms with Crippen LogP contribution in [0.3, 0.4) is 0 Å². The molecule has 0 heterocycles. The zero-order chi connectivity index (χ0) is 10.7. The fourth-order valence-corrected chi connectivity index (χ4v) is 1.85. The first-order chi connectivity index (χ1) is 6.49. The average Bonchev–Trinajstić information content (AvgIpc) is 2.00. The topological polar surface area (TPSA) is 60.8 Å². The molecule has 0 aliphatic heterocycles. The van der Waals surface area contributed by atoms with E-state index in [4.69, 9.17) is 10.2 Å². The van der Waals surface area contributed by atoms with Crippen molar-refractivity contribution in [2.45, 2.75) is 38.3 Å². The Kier molecular flexibility index (Phi) is 3.89. The number of rotatable bonds is 5. The number of aliphatic hydroxyl groups is 1. The normalized spacial score (nSPS) is 28.6. The molecule has 1 saturated carbocycles. The molecule has 1 atom stereocenters. The zero-order valence-electron chi connectivity index (χ0n) is 8.81. The molecule has 0 spiro atoms. The highest BCUT2D eigenvalue weighted by atomic mass is 16.4. The van der Waals surface area contributed by atoms with E-state index < -0.39 is 5.97 Å². The second kappa shape index (κ2) is 4.75. The molecular weight excluding hydrogens is 182 g/mol. The number of carbonyl (C=O) groups is 1. The van der Waals surface area contributed by atoms with Crippen LogP contribution in [0.5, 0.6) is 0 Å². The molecule has 0 aromatic carbocycles. The van der Waals surface area contributed by atoms with Crippen molar-refractivity contribution in [3.05, 3.63) is 0 Å². The maximum Gasteiger partial charge on any atom is 0.304 e. The molecule has 4 heteroatoms. The summed E-state index contributed by atoms with van der Waals surface area (Å²) in [6.45, 7) is 2.81. The largest absolute Gasteiger partial charge is 0.481 e. The first kappa shape index (κ1) is 11.5. The van der Waals surface area contributed by atoms with Crippen LogP contribution in [0.25, 0.3) is 0 Å². The summed E-state index contributed by atoms with van der Waals surface area (Å²) in [4.78, 5) is 12.5. The number of hydrogen-bond acceptors (Lipinski definition) is 3. The Labute approximate surface area is 84.5 Å². The summed E-state index contributed by atoms with van der Waals surface area (Å²) >= 11 is 0. The minimum absolute atomic E-state index is 0.0743. The predicted octanol–water partition coefficient (Wildman–Crippen LogP) is 0.552. The molecule has 0 aromatic rings. The SMILES string of the molecule is CC(CC(=O)O)N(C)CC1CC(O)C1. The fourth-order valence-electron chi connectivity index (χ4n) is 1.85. The summed E-state index contributed by atoms with van der Waals surface area (Å²) in [5.74, 6) is -0.204. The summed E-state index contributed by atoms with van der Waals surface area (Å²) in [6, 6.07) is 0.0743. The standard InChI is InChI=1S/C10H19NO3/c1-7(3-10(13)14)11(2)6-8-4-9(12)5-8/h7-9,12H,3-6H2,1-2H3,(H,13,14). The van der Waals surface area contributed by atoms with Crippen LogP contribution >= 0.6 is 0 Å². The van der Waals surface area contributed by atoms with Crippen LogP contribution in [0.1, 0.15) is 26.2 Å². The van der Waals surface area contributed by atoms with Gasteiger partial charge in [-0.15, -0.1) is 0 Å². The molecule has 0 amide bonds. The molecule has 4 nitrogen and oxygen atoms in total. The molecule has 0 aromatic heterocycles. The fraction of sp³-hybridized carbons (Fsp3) is 0.900. The molecular formula is C10H19NO3. The monoisotopic (exact) mass is 201 g/mol. The van der Waals surface area contributed by atoms with Gasteiger partial charge in [0.05, 0.1) is 12.5 Å². The van der Waals surface area contributed by atoms with Crippen molar-refractivity contribution >= 4 is 5.97 Å². The first-order valence-corrected chi connectivity index (χ1v) is 5.09. The molecule has 0 radical (unpaired) electrons. The third-order valence-corrected chi connectivity index (χ3v) is 2.98. The van der Waals surface area contributed by atoms with Gasteiger partial charge in [0, 0.05) is 12.6 Å². The lowest BCUT2D eigenvalue weighted by atomic mass is 9.82. The van der Waals surface area contributed by atoms with Gasteiger partial charge >= 0.3 is 5.97 Å². The summed E-state index contributed by atoms with van der Waals surface area (Å²) in [5, 5.41) is 17.7. The van der Waals surface area contributed by atoms with Crippen molar-refractivity contribution < 1.29 is 15.0 Å². The van der Waals surface area contributed by atoms with Gasteiger partial charge in [-0.2, -0.15) is 0 Å². The Morgan fingerprint density at radius 2 is 2.14 bits per heavy atom. The summed E-state index contributed by atoms with van der Waals surface area (Å²) in [7, 11) is 1.94. The molecule has 1 fully saturated rings. The van der Waals surface area contributed by atoms with E-state index in [2.05, 4.69) is 4.90 Å². The van der Waals surface area contributed by atoms with Crippen molar-refractivity contribution in [1.29, 1.82) is 0 Å². The van der Waals surface area contributed by atoms with Gasteiger partial charge in [-0.25, -0.2) is 0 Å². The van der Waals surface area contributed by atoms with Gasteiger partial charge in [0.15, 0.2) is 0 Å². The number of carboxylic acids is 1. The highest BCUT2D eigenvalue weighted by Gasteiger charge is 2.29. The molecule has 0 bridgehead atoms. The second-order valence-electron chi connectivity index (χ2n) is 4.38. The highest BCUT2D eigenvalue weighted by Crippen LogP contribution is 2.28. The van der Waals surface area contributed by atoms with Gasteiger partial charge < -0.3 is 15.1 Å². The molecule has 14 heavy (non-hydrogen) atoms. The Bertz CT molecular complexity index is 202. The highest BCUT2D eigenvalue weighted by molar-refractivity contribution is 5.67. The summed E-state index contributed by atoms with van der Waals surface area (Å²) < 4.78 is 0. The van der Waals surface area contributed by atoms with Gasteiger partial charge in [-0.1, -0.05) is 0 Å². The Balaban J connectivity index is 2.20. The van der Waals surface area contributed by atoms with Crippen molar-refractivity contribution in [2.75, 3.05) is 13.6 Å². The minimum Gasteiger partial charge on any atom is -0.481 e. The molecule has 2 N–H and O–H groups in total. The van der Waals surface area contributed by atoms with Gasteiger partial charge in [-0.05, 0) is 32.7 Å². The smallest absolute Gasteiger partial charge is 0.304 e. The van der Waals surface area contributed by atoms with Gasteiger partial charge in [0.2, 0.25) is 0 Å². The minimum atomic E-state index is -0.752. The van der Waals surface area contributed by atoms with Crippen molar-refractivity contribution in [3.63, 3.8) is 0 Å². The number of carboxylic acid groups (broad SMARTS) is 1. The molecule has 1 unspecified atom stereocenters. The predicted molar refractivity (Wildman–Crippen MR) is 53.1 cm³/mol. The van der Waals surface area contributed by atoms with E-state index in [0.717, 1.165) is 19.4 Å². The molecule has 0 saturated heterocycles. The van der Waals surface area contributed by atoms with Crippen LogP contribution in [0, 0.1) is 5.92 Å². The zero-order valence-corrected chi connectivity index (χ0v) is 8.81. The van der Waals surface area contributed by atoms with E-state index in [1.165, 1.54) is 0 Å². The Morgan fingerprint density at radius 1 is 1.57 bits per heavy atom. The average molecular weight is 201 g/mol. The molecule has 82 valence electrons. The van der Waals surface area contributed by atoms with Crippen molar-refractivity contribution in [1.82, 2.24) is 4.90 Å². The van der Waals surface area contributed by atoms with E-state index in [1.54, 1.807) is 0 Å². The van der Waals surface area contributed by atoms with Crippen LogP contribution in [-0.2, 0) is 4.79 Å². The lowest BCUT2D eigenvalue weighted by Crippen LogP contribution is -2.41. The van der Waals surface area contributed by atoms with Crippen LogP contribution in [0.4, 0.5) is 0 Å². The van der Waals surface area contributed by atoms with Crippen molar-refractivity contribution in [3.8, 4) is 0 Å². The second-order valence-corrected chi connectivity index (χ2v) is 4.38. The van der Waals surface area contributed by atoms with E-state index in [-0.39, 0.29) is 18.6 Å². The molecule has 1 aliphatic carbocycles. The van der Waals surface area contributed by atoms with Crippen LogP contribution in [-0.4, -0.2) is 46.8 Å². The number of aliphatic hydroxyl groups excluding tert-OH is 1. The van der Waals surface area contributed by atoms with Gasteiger partial charge in [0.1, 0.15) is 0 Å². The molecule has 1 aliphatic rings. The Hall–Kier alpha value is -0.610. The Morgan fingerprint density at radius 3 is 2.57 bits per heavy atom. The van der Waals surface area contributed by atoms with Gasteiger partial charge in [-0.3, -0.25) is 4.79 Å². The van der Waals surface area contributed by atoms with Gasteiger partial charge in [0.25, 0.3) is 0 Å². The van der Waals surface area contributed by atoms with E-state index in [1.807, 2.05) is 14.0 Å². The van der Waals surface area contributed by atoms with E-state index >= 15 is 0 Å². The number of nitrogens with zero attached hydrogens (tertiary/aromatic N) is 1.